The Balaban J connectivity index is 4.43. The Morgan fingerprint density at radius 1 is 1.17 bits per heavy atom. The summed E-state index contributed by atoms with van der Waals surface area (Å²) in [5, 5.41) is 2.83. The van der Waals surface area contributed by atoms with Gasteiger partial charge in [0.2, 0.25) is 5.91 Å². The summed E-state index contributed by atoms with van der Waals surface area (Å²) in [5.41, 5.74) is 0.594. The molecule has 6 nitrogen and oxygen atoms in total. The molecule has 1 atom stereocenters. The SMILES string of the molecule is CCOP(=O)(C/C=C/C=C/C=C(\C)C(=O)N[C@@H](C)COC)OCC. The number of amides is 1. The molecule has 0 aliphatic heterocycles. The number of carbonyl (C=O) groups excluding carboxylic acids is 1. The van der Waals surface area contributed by atoms with Gasteiger partial charge in [-0.15, -0.1) is 0 Å². The van der Waals surface area contributed by atoms with E-state index in [0.717, 1.165) is 0 Å². The van der Waals surface area contributed by atoms with Crippen molar-refractivity contribution < 1.29 is 23.1 Å². The highest BCUT2D eigenvalue weighted by Crippen LogP contribution is 2.47. The quantitative estimate of drug-likeness (QED) is 0.328. The fraction of sp³-hybridized carbons (Fsp3) is 0.588. The molecular formula is C17H30NO5P. The fourth-order valence-corrected chi connectivity index (χ4v) is 3.23. The Hall–Kier alpha value is -1.20. The summed E-state index contributed by atoms with van der Waals surface area (Å²) < 4.78 is 27.5. The number of allylic oxidation sites excluding steroid dienone is 5. The van der Waals surface area contributed by atoms with Crippen LogP contribution in [0.5, 0.6) is 0 Å². The first kappa shape index (κ1) is 22.8. The Labute approximate surface area is 145 Å². The summed E-state index contributed by atoms with van der Waals surface area (Å²) in [5.74, 6) is -0.134. The van der Waals surface area contributed by atoms with Crippen molar-refractivity contribution in [3.8, 4) is 0 Å². The first-order chi connectivity index (χ1) is 11.4. The maximum atomic E-state index is 12.2. The molecule has 0 aromatic rings. The van der Waals surface area contributed by atoms with Crippen LogP contribution in [0.4, 0.5) is 0 Å². The topological polar surface area (TPSA) is 73.9 Å². The smallest absolute Gasteiger partial charge is 0.334 e. The minimum atomic E-state index is -3.04. The van der Waals surface area contributed by atoms with Gasteiger partial charge in [0.1, 0.15) is 0 Å². The van der Waals surface area contributed by atoms with Gasteiger partial charge in [-0.1, -0.05) is 30.4 Å². The molecule has 0 unspecified atom stereocenters. The average Bonchev–Trinajstić information content (AvgIpc) is 2.51. The van der Waals surface area contributed by atoms with Gasteiger partial charge in [0.05, 0.1) is 26.0 Å². The molecule has 0 saturated heterocycles. The molecule has 0 heterocycles. The largest absolute Gasteiger partial charge is 0.383 e. The number of hydrogen-bond donors (Lipinski definition) is 1. The maximum absolute atomic E-state index is 12.2. The van der Waals surface area contributed by atoms with E-state index < -0.39 is 7.60 Å². The third-order valence-electron chi connectivity index (χ3n) is 2.84. The summed E-state index contributed by atoms with van der Waals surface area (Å²) in [4.78, 5) is 11.9. The summed E-state index contributed by atoms with van der Waals surface area (Å²) in [7, 11) is -1.44. The normalized spacial score (nSPS) is 14.5. The van der Waals surface area contributed by atoms with Crippen molar-refractivity contribution in [1.82, 2.24) is 5.32 Å². The molecule has 0 fully saturated rings. The Morgan fingerprint density at radius 3 is 2.33 bits per heavy atom. The Kier molecular flexibility index (Phi) is 12.5. The predicted octanol–water partition coefficient (Wildman–Crippen LogP) is 3.46. The van der Waals surface area contributed by atoms with E-state index in [9.17, 15) is 9.36 Å². The first-order valence-electron chi connectivity index (χ1n) is 8.06. The van der Waals surface area contributed by atoms with E-state index in [-0.39, 0.29) is 18.1 Å². The van der Waals surface area contributed by atoms with E-state index in [4.69, 9.17) is 13.8 Å². The molecule has 0 rings (SSSR count). The van der Waals surface area contributed by atoms with Crippen LogP contribution in [-0.4, -0.2) is 45.0 Å². The zero-order chi connectivity index (χ0) is 18.4. The lowest BCUT2D eigenvalue weighted by atomic mass is 10.2. The van der Waals surface area contributed by atoms with E-state index in [1.807, 2.05) is 6.92 Å². The van der Waals surface area contributed by atoms with Gasteiger partial charge >= 0.3 is 7.60 Å². The molecule has 0 bridgehead atoms. The van der Waals surface area contributed by atoms with Crippen LogP contribution >= 0.6 is 7.60 Å². The summed E-state index contributed by atoms with van der Waals surface area (Å²) in [6.45, 7) is 8.34. The molecule has 7 heteroatoms. The lowest BCUT2D eigenvalue weighted by Crippen LogP contribution is -2.36. The van der Waals surface area contributed by atoms with Crippen molar-refractivity contribution in [2.75, 3.05) is 33.1 Å². The van der Waals surface area contributed by atoms with Crippen molar-refractivity contribution in [3.63, 3.8) is 0 Å². The van der Waals surface area contributed by atoms with Gasteiger partial charge in [0, 0.05) is 18.7 Å². The van der Waals surface area contributed by atoms with Crippen molar-refractivity contribution in [3.05, 3.63) is 36.0 Å². The highest BCUT2D eigenvalue weighted by molar-refractivity contribution is 7.54. The van der Waals surface area contributed by atoms with Gasteiger partial charge in [-0.3, -0.25) is 9.36 Å². The van der Waals surface area contributed by atoms with E-state index in [0.29, 0.717) is 25.4 Å². The molecule has 0 aliphatic rings. The molecule has 0 radical (unpaired) electrons. The molecule has 1 N–H and O–H groups in total. The Morgan fingerprint density at radius 2 is 1.79 bits per heavy atom. The van der Waals surface area contributed by atoms with Gasteiger partial charge < -0.3 is 19.1 Å². The average molecular weight is 359 g/mol. The zero-order valence-corrected chi connectivity index (χ0v) is 16.2. The Bertz CT molecular complexity index is 489. The van der Waals surface area contributed by atoms with E-state index in [2.05, 4.69) is 5.32 Å². The second kappa shape index (κ2) is 13.1. The van der Waals surface area contributed by atoms with E-state index in [1.54, 1.807) is 58.3 Å². The minimum absolute atomic E-state index is 0.0407. The molecule has 0 saturated carbocycles. The molecule has 0 aromatic carbocycles. The number of rotatable bonds is 12. The molecule has 1 amide bonds. The summed E-state index contributed by atoms with van der Waals surface area (Å²) >= 11 is 0. The number of methoxy groups -OCH3 is 1. The lowest BCUT2D eigenvalue weighted by molar-refractivity contribution is -0.118. The second-order valence-electron chi connectivity index (χ2n) is 5.12. The summed E-state index contributed by atoms with van der Waals surface area (Å²) in [6.07, 6.45) is 8.92. The number of nitrogens with one attached hydrogen (secondary N) is 1. The van der Waals surface area contributed by atoms with Crippen LogP contribution in [0.2, 0.25) is 0 Å². The molecule has 0 spiro atoms. The highest BCUT2D eigenvalue weighted by atomic mass is 31.2. The summed E-state index contributed by atoms with van der Waals surface area (Å²) in [6, 6.07) is -0.0407. The molecule has 0 aliphatic carbocycles. The highest BCUT2D eigenvalue weighted by Gasteiger charge is 2.20. The predicted molar refractivity (Wildman–Crippen MR) is 97.2 cm³/mol. The second-order valence-corrected chi connectivity index (χ2v) is 7.22. The van der Waals surface area contributed by atoms with Crippen LogP contribution in [0.1, 0.15) is 27.7 Å². The van der Waals surface area contributed by atoms with Gasteiger partial charge in [0.25, 0.3) is 0 Å². The molecule has 138 valence electrons. The van der Waals surface area contributed by atoms with Crippen LogP contribution < -0.4 is 5.32 Å². The van der Waals surface area contributed by atoms with Crippen LogP contribution in [-0.2, 0) is 23.1 Å². The minimum Gasteiger partial charge on any atom is -0.383 e. The van der Waals surface area contributed by atoms with Gasteiger partial charge in [-0.05, 0) is 27.7 Å². The number of carbonyl (C=O) groups is 1. The van der Waals surface area contributed by atoms with Gasteiger partial charge in [-0.25, -0.2) is 0 Å². The van der Waals surface area contributed by atoms with Crippen LogP contribution in [0.3, 0.4) is 0 Å². The van der Waals surface area contributed by atoms with Gasteiger partial charge in [0.15, 0.2) is 0 Å². The van der Waals surface area contributed by atoms with Gasteiger partial charge in [-0.2, -0.15) is 0 Å². The van der Waals surface area contributed by atoms with Crippen LogP contribution in [0.25, 0.3) is 0 Å². The van der Waals surface area contributed by atoms with E-state index in [1.165, 1.54) is 0 Å². The monoisotopic (exact) mass is 359 g/mol. The van der Waals surface area contributed by atoms with Crippen LogP contribution in [0, 0.1) is 0 Å². The maximum Gasteiger partial charge on any atom is 0.334 e. The third kappa shape index (κ3) is 10.6. The molecule has 0 aromatic heterocycles. The van der Waals surface area contributed by atoms with Crippen molar-refractivity contribution in [2.24, 2.45) is 0 Å². The van der Waals surface area contributed by atoms with Crippen molar-refractivity contribution >= 4 is 13.5 Å². The molecule has 24 heavy (non-hydrogen) atoms. The first-order valence-corrected chi connectivity index (χ1v) is 9.79. The number of ether oxygens (including phenoxy) is 1. The fourth-order valence-electron chi connectivity index (χ4n) is 1.77. The zero-order valence-electron chi connectivity index (χ0n) is 15.3. The lowest BCUT2D eigenvalue weighted by Gasteiger charge is -2.14. The van der Waals surface area contributed by atoms with Crippen molar-refractivity contribution in [1.29, 1.82) is 0 Å². The van der Waals surface area contributed by atoms with Crippen molar-refractivity contribution in [2.45, 2.75) is 33.7 Å². The number of hydrogen-bond acceptors (Lipinski definition) is 5. The standard InChI is InChI=1S/C17H30NO5P/c1-6-22-24(20,23-7-2)13-11-9-8-10-12-15(3)17(19)18-16(4)14-21-5/h8-12,16H,6-7,13-14H2,1-5H3,(H,18,19)/b10-8+,11-9+,15-12+/t16-/m0/s1. The molecular weight excluding hydrogens is 329 g/mol. The van der Waals surface area contributed by atoms with E-state index >= 15 is 0 Å². The third-order valence-corrected chi connectivity index (χ3v) is 4.80. The van der Waals surface area contributed by atoms with Crippen LogP contribution in [0.15, 0.2) is 36.0 Å².